The van der Waals surface area contributed by atoms with Crippen LogP contribution < -0.4 is 19.7 Å². The second-order valence-electron chi connectivity index (χ2n) is 7.16. The zero-order valence-electron chi connectivity index (χ0n) is 18.1. The molecular weight excluding hydrogens is 388 g/mol. The third-order valence-electron chi connectivity index (χ3n) is 4.82. The van der Waals surface area contributed by atoms with Gasteiger partial charge in [0.05, 0.1) is 31.3 Å². The van der Waals surface area contributed by atoms with Gasteiger partial charge in [0, 0.05) is 32.4 Å². The molecule has 1 atom stereocenters. The van der Waals surface area contributed by atoms with Gasteiger partial charge in [-0.25, -0.2) is 0 Å². The molecule has 0 heterocycles. The van der Waals surface area contributed by atoms with Gasteiger partial charge >= 0.3 is 0 Å². The smallest absolute Gasteiger partial charge is 0.286 e. The minimum Gasteiger partial charge on any atom is -0.493 e. The number of nitrogens with one attached hydrogen (secondary N) is 1. The molecule has 2 aromatic rings. The Hall–Kier alpha value is -3.33. The Bertz CT molecular complexity index is 897. The lowest BCUT2D eigenvalue weighted by atomic mass is 10.0. The molecule has 0 bridgehead atoms. The van der Waals surface area contributed by atoms with Gasteiger partial charge in [0.2, 0.25) is 0 Å². The molecule has 0 radical (unpaired) electrons. The maximum atomic E-state index is 12.8. The summed E-state index contributed by atoms with van der Waals surface area (Å²) in [6.45, 7) is 0.276. The number of likely N-dealkylation sites (N-methyl/N-ethyl adjacent to an activating group) is 1. The fourth-order valence-corrected chi connectivity index (χ4v) is 3.08. The number of nitrogens with zero attached hydrogens (tertiary/aromatic N) is 3. The molecule has 1 N–H and O–H groups in total. The number of nitro benzene ring substituents is 1. The van der Waals surface area contributed by atoms with Gasteiger partial charge in [-0.3, -0.25) is 14.9 Å². The summed E-state index contributed by atoms with van der Waals surface area (Å²) in [5, 5.41) is 14.3. The molecule has 0 spiro atoms. The summed E-state index contributed by atoms with van der Waals surface area (Å²) < 4.78 is 10.3. The van der Waals surface area contributed by atoms with Crippen LogP contribution in [-0.2, 0) is 0 Å². The van der Waals surface area contributed by atoms with Gasteiger partial charge in [0.15, 0.2) is 11.5 Å². The third-order valence-corrected chi connectivity index (χ3v) is 4.82. The Morgan fingerprint density at radius 1 is 1.07 bits per heavy atom. The first-order chi connectivity index (χ1) is 14.2. The molecule has 30 heavy (non-hydrogen) atoms. The SMILES string of the molecule is COc1cc(C(=O)NCC(c2ccc(N(C)C)cc2)N(C)C)c([N+](=O)[O-])cc1OC. The van der Waals surface area contributed by atoms with Crippen molar-refractivity contribution in [3.63, 3.8) is 0 Å². The average molecular weight is 416 g/mol. The van der Waals surface area contributed by atoms with Crippen molar-refractivity contribution >= 4 is 17.3 Å². The Labute approximate surface area is 176 Å². The second-order valence-corrected chi connectivity index (χ2v) is 7.16. The van der Waals surface area contributed by atoms with Crippen LogP contribution in [0.3, 0.4) is 0 Å². The van der Waals surface area contributed by atoms with Gasteiger partial charge < -0.3 is 24.6 Å². The minimum atomic E-state index is -0.611. The average Bonchev–Trinajstić information content (AvgIpc) is 2.72. The molecule has 0 aliphatic carbocycles. The normalized spacial score (nSPS) is 11.7. The van der Waals surface area contributed by atoms with Crippen molar-refractivity contribution in [3.05, 3.63) is 57.6 Å². The summed E-state index contributed by atoms with van der Waals surface area (Å²) in [7, 11) is 10.5. The third kappa shape index (κ3) is 5.18. The van der Waals surface area contributed by atoms with Crippen LogP contribution in [0.15, 0.2) is 36.4 Å². The van der Waals surface area contributed by atoms with E-state index in [1.807, 2.05) is 62.3 Å². The van der Waals surface area contributed by atoms with E-state index < -0.39 is 10.8 Å². The number of benzene rings is 2. The molecule has 1 amide bonds. The molecule has 0 fully saturated rings. The van der Waals surface area contributed by atoms with Crippen molar-refractivity contribution in [2.24, 2.45) is 0 Å². The number of amides is 1. The molecule has 9 heteroatoms. The quantitative estimate of drug-likeness (QED) is 0.496. The zero-order valence-corrected chi connectivity index (χ0v) is 18.1. The monoisotopic (exact) mass is 416 g/mol. The first-order valence-electron chi connectivity index (χ1n) is 9.31. The van der Waals surface area contributed by atoms with Crippen LogP contribution in [0.5, 0.6) is 11.5 Å². The number of hydrogen-bond donors (Lipinski definition) is 1. The van der Waals surface area contributed by atoms with Crippen molar-refractivity contribution in [2.75, 3.05) is 53.9 Å². The van der Waals surface area contributed by atoms with E-state index in [1.54, 1.807) is 0 Å². The molecule has 0 aromatic heterocycles. The number of ether oxygens (including phenoxy) is 2. The maximum absolute atomic E-state index is 12.8. The molecule has 0 saturated carbocycles. The molecule has 162 valence electrons. The number of rotatable bonds is 9. The van der Waals surface area contributed by atoms with Crippen LogP contribution in [0.2, 0.25) is 0 Å². The minimum absolute atomic E-state index is 0.0851. The lowest BCUT2D eigenvalue weighted by molar-refractivity contribution is -0.385. The van der Waals surface area contributed by atoms with E-state index in [0.717, 1.165) is 11.3 Å². The maximum Gasteiger partial charge on any atom is 0.286 e. The molecule has 0 aliphatic heterocycles. The first kappa shape index (κ1) is 23.0. The second kappa shape index (κ2) is 9.93. The highest BCUT2D eigenvalue weighted by atomic mass is 16.6. The van der Waals surface area contributed by atoms with Crippen LogP contribution in [0.25, 0.3) is 0 Å². The van der Waals surface area contributed by atoms with Gasteiger partial charge in [0.25, 0.3) is 11.6 Å². The predicted octanol–water partition coefficient (Wildman–Crippen LogP) is 2.71. The highest BCUT2D eigenvalue weighted by Gasteiger charge is 2.25. The van der Waals surface area contributed by atoms with Crippen LogP contribution in [-0.4, -0.2) is 64.7 Å². The number of methoxy groups -OCH3 is 2. The van der Waals surface area contributed by atoms with Crippen molar-refractivity contribution in [1.29, 1.82) is 0 Å². The number of nitro groups is 1. The fraction of sp³-hybridized carbons (Fsp3) is 0.381. The van der Waals surface area contributed by atoms with Crippen LogP contribution >= 0.6 is 0 Å². The molecule has 2 rings (SSSR count). The molecular formula is C21H28N4O5. The summed E-state index contributed by atoms with van der Waals surface area (Å²) in [5.41, 5.74) is 1.66. The van der Waals surface area contributed by atoms with Crippen LogP contribution in [0.4, 0.5) is 11.4 Å². The highest BCUT2D eigenvalue weighted by Crippen LogP contribution is 2.34. The Kier molecular flexibility index (Phi) is 7.60. The lowest BCUT2D eigenvalue weighted by Crippen LogP contribution is -2.34. The summed E-state index contributed by atoms with van der Waals surface area (Å²) in [6.07, 6.45) is 0. The van der Waals surface area contributed by atoms with Gasteiger partial charge in [-0.15, -0.1) is 0 Å². The van der Waals surface area contributed by atoms with Crippen molar-refractivity contribution in [1.82, 2.24) is 10.2 Å². The van der Waals surface area contributed by atoms with Crippen molar-refractivity contribution in [2.45, 2.75) is 6.04 Å². The largest absolute Gasteiger partial charge is 0.493 e. The standard InChI is InChI=1S/C21H28N4O5/c1-23(2)15-9-7-14(8-10-15)18(24(3)4)13-22-21(26)16-11-19(29-5)20(30-6)12-17(16)25(27)28/h7-12,18H,13H2,1-6H3,(H,22,26). The lowest BCUT2D eigenvalue weighted by Gasteiger charge is -2.26. The Morgan fingerprint density at radius 2 is 1.63 bits per heavy atom. The molecule has 0 aliphatic rings. The number of anilines is 1. The predicted molar refractivity (Wildman–Crippen MR) is 116 cm³/mol. The van der Waals surface area contributed by atoms with E-state index in [0.29, 0.717) is 0 Å². The van der Waals surface area contributed by atoms with Gasteiger partial charge in [0.1, 0.15) is 5.56 Å². The Balaban J connectivity index is 2.26. The van der Waals surface area contributed by atoms with E-state index in [1.165, 1.54) is 26.4 Å². The number of carbonyl (C=O) groups excluding carboxylic acids is 1. The first-order valence-corrected chi connectivity index (χ1v) is 9.31. The van der Waals surface area contributed by atoms with E-state index in [4.69, 9.17) is 9.47 Å². The molecule has 0 saturated heterocycles. The van der Waals surface area contributed by atoms with Gasteiger partial charge in [-0.1, -0.05) is 12.1 Å². The zero-order chi connectivity index (χ0) is 22.4. The summed E-state index contributed by atoms with van der Waals surface area (Å²) in [6, 6.07) is 10.4. The van der Waals surface area contributed by atoms with E-state index in [-0.39, 0.29) is 35.3 Å². The topological polar surface area (TPSA) is 97.2 Å². The van der Waals surface area contributed by atoms with Crippen molar-refractivity contribution < 1.29 is 19.2 Å². The van der Waals surface area contributed by atoms with Crippen molar-refractivity contribution in [3.8, 4) is 11.5 Å². The van der Waals surface area contributed by atoms with Crippen LogP contribution in [0.1, 0.15) is 22.0 Å². The van der Waals surface area contributed by atoms with E-state index in [2.05, 4.69) is 5.32 Å². The Morgan fingerprint density at radius 3 is 2.10 bits per heavy atom. The van der Waals surface area contributed by atoms with E-state index in [9.17, 15) is 14.9 Å². The highest BCUT2D eigenvalue weighted by molar-refractivity contribution is 5.99. The molecule has 9 nitrogen and oxygen atoms in total. The summed E-state index contributed by atoms with van der Waals surface area (Å²) >= 11 is 0. The van der Waals surface area contributed by atoms with E-state index >= 15 is 0 Å². The summed E-state index contributed by atoms with van der Waals surface area (Å²) in [4.78, 5) is 27.6. The number of hydrogen-bond acceptors (Lipinski definition) is 7. The summed E-state index contributed by atoms with van der Waals surface area (Å²) in [5.74, 6) is -0.121. The van der Waals surface area contributed by atoms with Gasteiger partial charge in [-0.05, 0) is 31.8 Å². The van der Waals surface area contributed by atoms with Gasteiger partial charge in [-0.2, -0.15) is 0 Å². The molecule has 2 aromatic carbocycles. The molecule has 1 unspecified atom stereocenters. The fourth-order valence-electron chi connectivity index (χ4n) is 3.08. The van der Waals surface area contributed by atoms with Crippen LogP contribution in [0, 0.1) is 10.1 Å². The number of carbonyl (C=O) groups is 1.